The van der Waals surface area contributed by atoms with E-state index in [1.807, 2.05) is 43.3 Å². The van der Waals surface area contributed by atoms with Crippen molar-refractivity contribution >= 4 is 11.7 Å². The van der Waals surface area contributed by atoms with Gasteiger partial charge in [-0.2, -0.15) is 4.98 Å². The third kappa shape index (κ3) is 2.91. The Bertz CT molecular complexity index is 885. The molecule has 1 aromatic heterocycles. The van der Waals surface area contributed by atoms with E-state index < -0.39 is 5.97 Å². The Morgan fingerprint density at radius 1 is 1.12 bits per heavy atom. The summed E-state index contributed by atoms with van der Waals surface area (Å²) in [6.07, 6.45) is 0. The minimum Gasteiger partial charge on any atom is -0.507 e. The number of hydrogen-bond donors (Lipinski definition) is 2. The quantitative estimate of drug-likeness (QED) is 0.760. The molecule has 0 saturated carbocycles. The molecule has 0 aliphatic heterocycles. The van der Waals surface area contributed by atoms with Gasteiger partial charge >= 0.3 is 5.97 Å². The number of aromatic carboxylic acids is 1. The lowest BCUT2D eigenvalue weighted by molar-refractivity contribution is 0.0697. The van der Waals surface area contributed by atoms with Gasteiger partial charge in [0.25, 0.3) is 5.89 Å². The second kappa shape index (κ2) is 6.04. The molecule has 2 aromatic carbocycles. The number of phenolic OH excluding ortho intramolecular Hbond substituents is 1. The van der Waals surface area contributed by atoms with Gasteiger partial charge in [-0.1, -0.05) is 5.16 Å². The summed E-state index contributed by atoms with van der Waals surface area (Å²) < 4.78 is 5.23. The van der Waals surface area contributed by atoms with Crippen molar-refractivity contribution in [1.82, 2.24) is 10.1 Å². The van der Waals surface area contributed by atoms with Gasteiger partial charge in [0.05, 0.1) is 11.1 Å². The molecular weight excluding hydrogens is 310 g/mol. The highest BCUT2D eigenvalue weighted by Gasteiger charge is 2.16. The minimum atomic E-state index is -1.10. The van der Waals surface area contributed by atoms with Crippen molar-refractivity contribution in [2.24, 2.45) is 0 Å². The van der Waals surface area contributed by atoms with Crippen LogP contribution in [0.2, 0.25) is 0 Å². The number of nitrogens with zero attached hydrogens (tertiary/aromatic N) is 3. The Morgan fingerprint density at radius 3 is 2.46 bits per heavy atom. The Balaban J connectivity index is 1.96. The fraction of sp³-hybridized carbons (Fsp3) is 0.118. The van der Waals surface area contributed by atoms with Crippen LogP contribution in [0.5, 0.6) is 5.75 Å². The first-order valence-corrected chi connectivity index (χ1v) is 7.14. The number of aromatic hydroxyl groups is 1. The summed E-state index contributed by atoms with van der Waals surface area (Å²) in [5, 5.41) is 22.8. The number of carbonyl (C=O) groups is 1. The first-order valence-electron chi connectivity index (χ1n) is 7.14. The predicted octanol–water partition coefficient (Wildman–Crippen LogP) is 2.87. The maximum atomic E-state index is 11.1. The summed E-state index contributed by atoms with van der Waals surface area (Å²) in [6.45, 7) is 0. The molecule has 0 amide bonds. The number of carboxylic acid groups (broad SMARTS) is 1. The highest BCUT2D eigenvalue weighted by Crippen LogP contribution is 2.30. The molecule has 24 heavy (non-hydrogen) atoms. The molecule has 1 heterocycles. The smallest absolute Gasteiger partial charge is 0.335 e. The first kappa shape index (κ1) is 15.5. The molecule has 0 atom stereocenters. The van der Waals surface area contributed by atoms with Crippen LogP contribution >= 0.6 is 0 Å². The van der Waals surface area contributed by atoms with Crippen molar-refractivity contribution in [2.75, 3.05) is 19.0 Å². The molecule has 0 bridgehead atoms. The predicted molar refractivity (Wildman–Crippen MR) is 88.1 cm³/mol. The van der Waals surface area contributed by atoms with Crippen molar-refractivity contribution in [2.45, 2.75) is 0 Å². The molecule has 0 aliphatic carbocycles. The monoisotopic (exact) mass is 325 g/mol. The molecule has 0 unspecified atom stereocenters. The molecule has 0 aliphatic rings. The topological polar surface area (TPSA) is 99.7 Å². The summed E-state index contributed by atoms with van der Waals surface area (Å²) in [4.78, 5) is 17.3. The number of rotatable bonds is 4. The summed E-state index contributed by atoms with van der Waals surface area (Å²) in [5.74, 6) is -0.799. The van der Waals surface area contributed by atoms with Crippen molar-refractivity contribution in [1.29, 1.82) is 0 Å². The Hall–Kier alpha value is -3.35. The van der Waals surface area contributed by atoms with Gasteiger partial charge in [-0.05, 0) is 42.5 Å². The molecule has 2 N–H and O–H groups in total. The van der Waals surface area contributed by atoms with E-state index in [0.29, 0.717) is 0 Å². The third-order valence-electron chi connectivity index (χ3n) is 3.54. The Labute approximate surface area is 137 Å². The molecule has 0 radical (unpaired) electrons. The second-order valence-corrected chi connectivity index (χ2v) is 5.40. The molecule has 0 saturated heterocycles. The first-order chi connectivity index (χ1) is 11.5. The lowest BCUT2D eigenvalue weighted by Gasteiger charge is -2.11. The number of hydrogen-bond acceptors (Lipinski definition) is 6. The van der Waals surface area contributed by atoms with Crippen LogP contribution < -0.4 is 4.90 Å². The highest BCUT2D eigenvalue weighted by atomic mass is 16.5. The number of aromatic nitrogens is 2. The molecular formula is C17H15N3O4. The number of benzene rings is 2. The average Bonchev–Trinajstić information content (AvgIpc) is 3.05. The molecule has 0 spiro atoms. The van der Waals surface area contributed by atoms with E-state index in [2.05, 4.69) is 10.1 Å². The minimum absolute atomic E-state index is 0.0319. The van der Waals surface area contributed by atoms with Crippen LogP contribution in [0.4, 0.5) is 5.69 Å². The van der Waals surface area contributed by atoms with Crippen LogP contribution in [0.15, 0.2) is 47.0 Å². The molecule has 7 nitrogen and oxygen atoms in total. The van der Waals surface area contributed by atoms with Gasteiger partial charge in [-0.25, -0.2) is 4.79 Å². The summed E-state index contributed by atoms with van der Waals surface area (Å²) >= 11 is 0. The molecule has 122 valence electrons. The van der Waals surface area contributed by atoms with Crippen LogP contribution in [0.3, 0.4) is 0 Å². The van der Waals surface area contributed by atoms with Gasteiger partial charge < -0.3 is 19.6 Å². The number of carboxylic acids is 1. The van der Waals surface area contributed by atoms with Gasteiger partial charge in [0.15, 0.2) is 0 Å². The zero-order valence-corrected chi connectivity index (χ0v) is 13.1. The van der Waals surface area contributed by atoms with E-state index in [1.165, 1.54) is 18.2 Å². The molecule has 3 aromatic rings. The largest absolute Gasteiger partial charge is 0.507 e. The standard InChI is InChI=1S/C17H15N3O4/c1-20(2)12-6-3-10(4-7-12)16-18-15(19-24-16)13-9-11(17(22)23)5-8-14(13)21/h3-9,21H,1-2H3,(H,22,23). The van der Waals surface area contributed by atoms with Crippen LogP contribution in [0.25, 0.3) is 22.8 Å². The van der Waals surface area contributed by atoms with Gasteiger partial charge in [0.1, 0.15) is 5.75 Å². The van der Waals surface area contributed by atoms with Crippen LogP contribution in [0, 0.1) is 0 Å². The number of phenols is 1. The zero-order chi connectivity index (χ0) is 17.3. The van der Waals surface area contributed by atoms with Crippen LogP contribution in [0.1, 0.15) is 10.4 Å². The normalized spacial score (nSPS) is 10.6. The van der Waals surface area contributed by atoms with E-state index in [9.17, 15) is 9.90 Å². The molecule has 0 fully saturated rings. The Kier molecular flexibility index (Phi) is 3.91. The van der Waals surface area contributed by atoms with E-state index in [1.54, 1.807) is 0 Å². The van der Waals surface area contributed by atoms with E-state index in [4.69, 9.17) is 9.63 Å². The lowest BCUT2D eigenvalue weighted by Crippen LogP contribution is -2.07. The lowest BCUT2D eigenvalue weighted by atomic mass is 10.1. The maximum absolute atomic E-state index is 11.1. The maximum Gasteiger partial charge on any atom is 0.335 e. The fourth-order valence-corrected chi connectivity index (χ4v) is 2.20. The van der Waals surface area contributed by atoms with Gasteiger partial charge in [0.2, 0.25) is 5.82 Å². The zero-order valence-electron chi connectivity index (χ0n) is 13.1. The van der Waals surface area contributed by atoms with Crippen molar-refractivity contribution in [3.05, 3.63) is 48.0 Å². The van der Waals surface area contributed by atoms with Crippen LogP contribution in [-0.2, 0) is 0 Å². The third-order valence-corrected chi connectivity index (χ3v) is 3.54. The highest BCUT2D eigenvalue weighted by molar-refractivity contribution is 5.90. The van der Waals surface area contributed by atoms with Gasteiger partial charge in [0, 0.05) is 25.3 Å². The van der Waals surface area contributed by atoms with E-state index in [0.717, 1.165) is 11.3 Å². The van der Waals surface area contributed by atoms with E-state index >= 15 is 0 Å². The Morgan fingerprint density at radius 2 is 1.83 bits per heavy atom. The second-order valence-electron chi connectivity index (χ2n) is 5.40. The molecule has 3 rings (SSSR count). The van der Waals surface area contributed by atoms with E-state index in [-0.39, 0.29) is 28.6 Å². The summed E-state index contributed by atoms with van der Waals surface area (Å²) in [7, 11) is 3.88. The summed E-state index contributed by atoms with van der Waals surface area (Å²) in [6, 6.07) is 11.4. The van der Waals surface area contributed by atoms with Crippen molar-refractivity contribution in [3.63, 3.8) is 0 Å². The van der Waals surface area contributed by atoms with Gasteiger partial charge in [-0.3, -0.25) is 0 Å². The SMILES string of the molecule is CN(C)c1ccc(-c2nc(-c3cc(C(=O)O)ccc3O)no2)cc1. The summed E-state index contributed by atoms with van der Waals surface area (Å²) in [5.41, 5.74) is 2.00. The molecule has 7 heteroatoms. The number of anilines is 1. The van der Waals surface area contributed by atoms with Crippen LogP contribution in [-0.4, -0.2) is 40.4 Å². The fourth-order valence-electron chi connectivity index (χ4n) is 2.20. The van der Waals surface area contributed by atoms with Gasteiger partial charge in [-0.15, -0.1) is 0 Å². The average molecular weight is 325 g/mol. The van der Waals surface area contributed by atoms with Crippen molar-refractivity contribution < 1.29 is 19.5 Å². The van der Waals surface area contributed by atoms with Crippen molar-refractivity contribution in [3.8, 4) is 28.6 Å².